The summed E-state index contributed by atoms with van der Waals surface area (Å²) in [6.07, 6.45) is 4.56. The molecular weight excluding hydrogens is 386 g/mol. The lowest BCUT2D eigenvalue weighted by Crippen LogP contribution is -2.40. The zero-order chi connectivity index (χ0) is 19.7. The lowest BCUT2D eigenvalue weighted by molar-refractivity contribution is -0.119. The Kier molecular flexibility index (Phi) is 8.62. The van der Waals surface area contributed by atoms with Crippen LogP contribution in [-0.4, -0.2) is 50.0 Å². The average Bonchev–Trinajstić information content (AvgIpc) is 2.66. The van der Waals surface area contributed by atoms with Crippen molar-refractivity contribution in [2.24, 2.45) is 0 Å². The Morgan fingerprint density at radius 3 is 2.44 bits per heavy atom. The number of nitrogens with one attached hydrogen (secondary N) is 2. The molecule has 2 rings (SSSR count). The SMILES string of the molecule is CCCCCCC(=O)NC(=S)Nc1ccc(S(=O)(=O)N2CCOCC2)cc1. The molecule has 1 aliphatic heterocycles. The molecule has 1 fully saturated rings. The molecule has 0 aliphatic carbocycles. The van der Waals surface area contributed by atoms with Crippen LogP contribution in [0.1, 0.15) is 39.0 Å². The van der Waals surface area contributed by atoms with Gasteiger partial charge in [-0.1, -0.05) is 26.2 Å². The molecule has 1 aromatic carbocycles. The van der Waals surface area contributed by atoms with Gasteiger partial charge >= 0.3 is 0 Å². The lowest BCUT2D eigenvalue weighted by Gasteiger charge is -2.26. The number of unbranched alkanes of at least 4 members (excludes halogenated alkanes) is 3. The van der Waals surface area contributed by atoms with Crippen LogP contribution in [0, 0.1) is 0 Å². The van der Waals surface area contributed by atoms with E-state index in [1.807, 2.05) is 0 Å². The first-order chi connectivity index (χ1) is 12.9. The molecule has 0 spiro atoms. The van der Waals surface area contributed by atoms with Crippen molar-refractivity contribution in [3.8, 4) is 0 Å². The molecule has 0 aromatic heterocycles. The molecule has 27 heavy (non-hydrogen) atoms. The van der Waals surface area contributed by atoms with Gasteiger partial charge in [-0.05, 0) is 42.9 Å². The van der Waals surface area contributed by atoms with E-state index in [9.17, 15) is 13.2 Å². The summed E-state index contributed by atoms with van der Waals surface area (Å²) in [5, 5.41) is 5.75. The van der Waals surface area contributed by atoms with Crippen molar-refractivity contribution in [2.45, 2.75) is 43.9 Å². The predicted octanol–water partition coefficient (Wildman–Crippen LogP) is 2.49. The normalized spacial score (nSPS) is 15.3. The van der Waals surface area contributed by atoms with E-state index < -0.39 is 10.0 Å². The summed E-state index contributed by atoms with van der Waals surface area (Å²) in [7, 11) is -3.52. The van der Waals surface area contributed by atoms with Gasteiger partial charge in [-0.25, -0.2) is 8.42 Å². The highest BCUT2D eigenvalue weighted by Crippen LogP contribution is 2.19. The molecular formula is C18H27N3O4S2. The van der Waals surface area contributed by atoms with Crippen LogP contribution in [-0.2, 0) is 19.6 Å². The molecule has 150 valence electrons. The first-order valence-electron chi connectivity index (χ1n) is 9.22. The molecule has 0 atom stereocenters. The van der Waals surface area contributed by atoms with Crippen molar-refractivity contribution < 1.29 is 17.9 Å². The number of amides is 1. The van der Waals surface area contributed by atoms with Crippen molar-refractivity contribution >= 4 is 38.9 Å². The second kappa shape index (κ2) is 10.7. The standard InChI is InChI=1S/C18H27N3O4S2/c1-2-3-4-5-6-17(22)20-18(26)19-15-7-9-16(10-8-15)27(23,24)21-11-13-25-14-12-21/h7-10H,2-6,11-14H2,1H3,(H2,19,20,22,26). The van der Waals surface area contributed by atoms with Crippen LogP contribution >= 0.6 is 12.2 Å². The number of sulfonamides is 1. The molecule has 9 heteroatoms. The van der Waals surface area contributed by atoms with Gasteiger partial charge in [-0.2, -0.15) is 4.31 Å². The molecule has 0 unspecified atom stereocenters. The van der Waals surface area contributed by atoms with E-state index >= 15 is 0 Å². The van der Waals surface area contributed by atoms with Gasteiger partial charge in [-0.3, -0.25) is 4.79 Å². The minimum atomic E-state index is -3.52. The minimum Gasteiger partial charge on any atom is -0.379 e. The van der Waals surface area contributed by atoms with E-state index in [1.54, 1.807) is 12.1 Å². The maximum absolute atomic E-state index is 12.6. The summed E-state index contributed by atoms with van der Waals surface area (Å²) in [5.41, 5.74) is 0.618. The Hall–Kier alpha value is -1.55. The van der Waals surface area contributed by atoms with Crippen LogP contribution < -0.4 is 10.6 Å². The highest BCUT2D eigenvalue weighted by molar-refractivity contribution is 7.89. The summed E-state index contributed by atoms with van der Waals surface area (Å²) in [4.78, 5) is 12.1. The zero-order valence-corrected chi connectivity index (χ0v) is 17.2. The number of rotatable bonds is 8. The Labute approximate surface area is 166 Å². The van der Waals surface area contributed by atoms with Crippen LogP contribution in [0.5, 0.6) is 0 Å². The molecule has 1 amide bonds. The Morgan fingerprint density at radius 1 is 1.15 bits per heavy atom. The number of ether oxygens (including phenoxy) is 1. The van der Waals surface area contributed by atoms with Crippen LogP contribution in [0.25, 0.3) is 0 Å². The van der Waals surface area contributed by atoms with Crippen LogP contribution in [0.3, 0.4) is 0 Å². The number of carbonyl (C=O) groups excluding carboxylic acids is 1. The largest absolute Gasteiger partial charge is 0.379 e. The predicted molar refractivity (Wildman–Crippen MR) is 109 cm³/mol. The number of morpholine rings is 1. The van der Waals surface area contributed by atoms with Crippen molar-refractivity contribution in [1.29, 1.82) is 0 Å². The van der Waals surface area contributed by atoms with Gasteiger partial charge in [0.15, 0.2) is 5.11 Å². The quantitative estimate of drug-likeness (QED) is 0.503. The average molecular weight is 414 g/mol. The van der Waals surface area contributed by atoms with Gasteiger partial charge in [0.2, 0.25) is 15.9 Å². The molecule has 0 bridgehead atoms. The van der Waals surface area contributed by atoms with Gasteiger partial charge in [0.1, 0.15) is 0 Å². The van der Waals surface area contributed by atoms with Crippen LogP contribution in [0.4, 0.5) is 5.69 Å². The van der Waals surface area contributed by atoms with Gasteiger partial charge < -0.3 is 15.4 Å². The second-order valence-electron chi connectivity index (χ2n) is 6.35. The number of benzene rings is 1. The summed E-state index contributed by atoms with van der Waals surface area (Å²) in [6.45, 7) is 3.65. The zero-order valence-electron chi connectivity index (χ0n) is 15.6. The summed E-state index contributed by atoms with van der Waals surface area (Å²) < 4.78 is 31.8. The van der Waals surface area contributed by atoms with Gasteiger partial charge in [-0.15, -0.1) is 0 Å². The highest BCUT2D eigenvalue weighted by Gasteiger charge is 2.26. The fourth-order valence-electron chi connectivity index (χ4n) is 2.71. The molecule has 1 aliphatic rings. The molecule has 2 N–H and O–H groups in total. The highest BCUT2D eigenvalue weighted by atomic mass is 32.2. The lowest BCUT2D eigenvalue weighted by atomic mass is 10.1. The number of anilines is 1. The molecule has 1 heterocycles. The monoisotopic (exact) mass is 413 g/mol. The Balaban J connectivity index is 1.86. The molecule has 0 saturated carbocycles. The van der Waals surface area contributed by atoms with Gasteiger partial charge in [0.05, 0.1) is 18.1 Å². The topological polar surface area (TPSA) is 87.7 Å². The summed E-state index contributed by atoms with van der Waals surface area (Å²) in [6, 6.07) is 6.32. The second-order valence-corrected chi connectivity index (χ2v) is 8.70. The first-order valence-corrected chi connectivity index (χ1v) is 11.1. The van der Waals surface area contributed by atoms with Gasteiger partial charge in [0.25, 0.3) is 0 Å². The van der Waals surface area contributed by atoms with E-state index in [0.29, 0.717) is 38.4 Å². The molecule has 7 nitrogen and oxygen atoms in total. The number of carbonyl (C=O) groups is 1. The maximum atomic E-state index is 12.6. The maximum Gasteiger partial charge on any atom is 0.243 e. The van der Waals surface area contributed by atoms with Crippen molar-refractivity contribution in [3.05, 3.63) is 24.3 Å². The van der Waals surface area contributed by atoms with E-state index in [0.717, 1.165) is 25.7 Å². The summed E-state index contributed by atoms with van der Waals surface area (Å²) >= 11 is 5.14. The third-order valence-corrected chi connectivity index (χ3v) is 6.35. The molecule has 1 aromatic rings. The van der Waals surface area contributed by atoms with Gasteiger partial charge in [0, 0.05) is 25.2 Å². The Bertz CT molecular complexity index is 729. The van der Waals surface area contributed by atoms with E-state index in [1.165, 1.54) is 16.4 Å². The minimum absolute atomic E-state index is 0.116. The van der Waals surface area contributed by atoms with E-state index in [4.69, 9.17) is 17.0 Å². The third kappa shape index (κ3) is 6.84. The molecule has 1 saturated heterocycles. The Morgan fingerprint density at radius 2 is 1.81 bits per heavy atom. The van der Waals surface area contributed by atoms with E-state index in [2.05, 4.69) is 17.6 Å². The number of hydrogen-bond acceptors (Lipinski definition) is 5. The summed E-state index contributed by atoms with van der Waals surface area (Å²) in [5.74, 6) is -0.116. The third-order valence-electron chi connectivity index (χ3n) is 4.23. The number of nitrogens with zero attached hydrogens (tertiary/aromatic N) is 1. The van der Waals surface area contributed by atoms with Crippen LogP contribution in [0.15, 0.2) is 29.2 Å². The van der Waals surface area contributed by atoms with Crippen molar-refractivity contribution in [3.63, 3.8) is 0 Å². The fraction of sp³-hybridized carbons (Fsp3) is 0.556. The van der Waals surface area contributed by atoms with Crippen molar-refractivity contribution in [2.75, 3.05) is 31.6 Å². The first kappa shape index (κ1) is 21.7. The van der Waals surface area contributed by atoms with Crippen molar-refractivity contribution in [1.82, 2.24) is 9.62 Å². The van der Waals surface area contributed by atoms with Crippen LogP contribution in [0.2, 0.25) is 0 Å². The number of thiocarbonyl (C=S) groups is 1. The number of hydrogen-bond donors (Lipinski definition) is 2. The van der Waals surface area contributed by atoms with E-state index in [-0.39, 0.29) is 15.9 Å². The molecule has 0 radical (unpaired) electrons. The smallest absolute Gasteiger partial charge is 0.243 e. The fourth-order valence-corrected chi connectivity index (χ4v) is 4.35.